The molecule has 0 fully saturated rings. The number of nitro groups is 1. The van der Waals surface area contributed by atoms with Gasteiger partial charge in [-0.15, -0.1) is 0 Å². The van der Waals surface area contributed by atoms with Crippen LogP contribution in [0.4, 0.5) is 17.1 Å². The number of nitro benzene ring substituents is 1. The van der Waals surface area contributed by atoms with Crippen molar-refractivity contribution in [2.24, 2.45) is 0 Å². The Balaban J connectivity index is 1.72. The quantitative estimate of drug-likeness (QED) is 0.147. The van der Waals surface area contributed by atoms with Gasteiger partial charge in [0.2, 0.25) is 0 Å². The van der Waals surface area contributed by atoms with Crippen molar-refractivity contribution in [3.8, 4) is 0 Å². The van der Waals surface area contributed by atoms with E-state index in [1.165, 1.54) is 18.2 Å². The molecule has 0 aliphatic carbocycles. The fourth-order valence-corrected chi connectivity index (χ4v) is 5.03. The molecule has 0 spiro atoms. The number of aryl methyl sites for hydroxylation is 1. The van der Waals surface area contributed by atoms with Gasteiger partial charge in [-0.05, 0) is 43.3 Å². The first-order chi connectivity index (χ1) is 18.0. The van der Waals surface area contributed by atoms with Crippen LogP contribution >= 0.6 is 15.9 Å². The lowest BCUT2D eigenvalue weighted by molar-refractivity contribution is -0.384. The highest BCUT2D eigenvalue weighted by molar-refractivity contribution is 9.10. The van der Waals surface area contributed by atoms with E-state index < -0.39 is 26.5 Å². The Labute approximate surface area is 226 Å². The summed E-state index contributed by atoms with van der Waals surface area (Å²) in [6.45, 7) is 1.81. The fraction of sp³-hybridized carbons (Fsp3) is 0.0370. The highest BCUT2D eigenvalue weighted by atomic mass is 79.9. The number of halogens is 1. The molecule has 4 aromatic rings. The SMILES string of the molecule is Cc1ccc(S(=O)(=O)Nc2ccc([N+](=O)[O-])cc2C(=O)Nc2ccc(Br)cc2C(=O)c2ccccc2)cc1. The second-order valence-corrected chi connectivity index (χ2v) is 10.8. The van der Waals surface area contributed by atoms with Crippen LogP contribution in [0.3, 0.4) is 0 Å². The number of benzene rings is 4. The zero-order valence-corrected chi connectivity index (χ0v) is 22.2. The van der Waals surface area contributed by atoms with Crippen molar-refractivity contribution >= 4 is 54.7 Å². The van der Waals surface area contributed by atoms with Crippen LogP contribution in [-0.2, 0) is 10.0 Å². The Morgan fingerprint density at radius 3 is 2.16 bits per heavy atom. The van der Waals surface area contributed by atoms with Crippen molar-refractivity contribution in [1.82, 2.24) is 0 Å². The average Bonchev–Trinajstić information content (AvgIpc) is 2.90. The van der Waals surface area contributed by atoms with E-state index in [1.54, 1.807) is 54.6 Å². The van der Waals surface area contributed by atoms with Crippen LogP contribution in [0, 0.1) is 17.0 Å². The first-order valence-electron chi connectivity index (χ1n) is 11.1. The number of amides is 1. The van der Waals surface area contributed by atoms with Gasteiger partial charge in [0.25, 0.3) is 21.6 Å². The Hall–Kier alpha value is -4.35. The number of carbonyl (C=O) groups is 2. The Morgan fingerprint density at radius 1 is 0.842 bits per heavy atom. The minimum atomic E-state index is -4.12. The van der Waals surface area contributed by atoms with E-state index in [0.29, 0.717) is 10.0 Å². The molecule has 0 bridgehead atoms. The molecular formula is C27H20BrN3O6S. The summed E-state index contributed by atoms with van der Waals surface area (Å²) in [5.74, 6) is -1.21. The molecule has 1 amide bonds. The summed E-state index contributed by atoms with van der Waals surface area (Å²) in [4.78, 5) is 37.2. The summed E-state index contributed by atoms with van der Waals surface area (Å²) in [6.07, 6.45) is 0. The van der Waals surface area contributed by atoms with Gasteiger partial charge in [-0.2, -0.15) is 0 Å². The molecule has 4 aromatic carbocycles. The lowest BCUT2D eigenvalue weighted by Crippen LogP contribution is -2.20. The van der Waals surface area contributed by atoms with Crippen molar-refractivity contribution in [2.45, 2.75) is 11.8 Å². The van der Waals surface area contributed by atoms with Crippen molar-refractivity contribution in [3.63, 3.8) is 0 Å². The Kier molecular flexibility index (Phi) is 7.70. The first-order valence-corrected chi connectivity index (χ1v) is 13.4. The number of ketones is 1. The number of carbonyl (C=O) groups excluding carboxylic acids is 2. The van der Waals surface area contributed by atoms with E-state index in [0.717, 1.165) is 23.8 Å². The topological polar surface area (TPSA) is 135 Å². The predicted molar refractivity (Wildman–Crippen MR) is 147 cm³/mol. The normalized spacial score (nSPS) is 11.0. The minimum absolute atomic E-state index is 0.0449. The van der Waals surface area contributed by atoms with E-state index in [-0.39, 0.29) is 33.2 Å². The molecular weight excluding hydrogens is 574 g/mol. The van der Waals surface area contributed by atoms with Gasteiger partial charge in [0.05, 0.1) is 26.8 Å². The summed E-state index contributed by atoms with van der Waals surface area (Å²) in [5.41, 5.74) is 0.692. The number of nitrogens with one attached hydrogen (secondary N) is 2. The standard InChI is InChI=1S/C27H20BrN3O6S/c1-17-7-11-21(12-8-17)38(36,37)30-25-14-10-20(31(34)35)16-23(25)27(33)29-24-13-9-19(28)15-22(24)26(32)18-5-3-2-4-6-18/h2-16,30H,1H3,(H,29,33). The predicted octanol–water partition coefficient (Wildman–Crippen LogP) is 5.95. The van der Waals surface area contributed by atoms with Gasteiger partial charge in [-0.3, -0.25) is 24.4 Å². The second-order valence-electron chi connectivity index (χ2n) is 8.24. The summed E-state index contributed by atoms with van der Waals surface area (Å²) < 4.78 is 28.9. The van der Waals surface area contributed by atoms with Crippen molar-refractivity contribution < 1.29 is 22.9 Å². The van der Waals surface area contributed by atoms with Gasteiger partial charge in [0, 0.05) is 27.7 Å². The zero-order valence-electron chi connectivity index (χ0n) is 19.8. The van der Waals surface area contributed by atoms with E-state index >= 15 is 0 Å². The van der Waals surface area contributed by atoms with Gasteiger partial charge >= 0.3 is 0 Å². The highest BCUT2D eigenvalue weighted by Gasteiger charge is 2.23. The van der Waals surface area contributed by atoms with Crippen molar-refractivity contribution in [2.75, 3.05) is 10.0 Å². The van der Waals surface area contributed by atoms with Gasteiger partial charge in [-0.1, -0.05) is 64.0 Å². The number of hydrogen-bond donors (Lipinski definition) is 2. The number of sulfonamides is 1. The molecule has 38 heavy (non-hydrogen) atoms. The molecule has 0 saturated carbocycles. The summed E-state index contributed by atoms with van der Waals surface area (Å²) in [6, 6.07) is 22.4. The molecule has 9 nitrogen and oxygen atoms in total. The second kappa shape index (κ2) is 11.0. The molecule has 0 radical (unpaired) electrons. The van der Waals surface area contributed by atoms with Gasteiger partial charge in [0.15, 0.2) is 5.78 Å². The summed E-state index contributed by atoms with van der Waals surface area (Å²) in [5, 5.41) is 14.0. The molecule has 0 saturated heterocycles. The number of rotatable bonds is 8. The van der Waals surface area contributed by atoms with E-state index in [2.05, 4.69) is 26.0 Å². The zero-order chi connectivity index (χ0) is 27.4. The number of hydrogen-bond acceptors (Lipinski definition) is 6. The van der Waals surface area contributed by atoms with Crippen LogP contribution in [0.1, 0.15) is 31.8 Å². The largest absolute Gasteiger partial charge is 0.321 e. The molecule has 0 aromatic heterocycles. The molecule has 0 heterocycles. The molecule has 4 rings (SSSR count). The molecule has 0 unspecified atom stereocenters. The number of non-ortho nitro benzene ring substituents is 1. The van der Waals surface area contributed by atoms with Crippen LogP contribution in [0.15, 0.2) is 100 Å². The van der Waals surface area contributed by atoms with Crippen LogP contribution in [0.5, 0.6) is 0 Å². The molecule has 11 heteroatoms. The third-order valence-electron chi connectivity index (χ3n) is 5.54. The van der Waals surface area contributed by atoms with Crippen LogP contribution in [-0.4, -0.2) is 25.0 Å². The summed E-state index contributed by atoms with van der Waals surface area (Å²) >= 11 is 3.33. The number of nitrogens with zero attached hydrogens (tertiary/aromatic N) is 1. The fourth-order valence-electron chi connectivity index (χ4n) is 3.59. The maximum absolute atomic E-state index is 13.4. The third kappa shape index (κ3) is 5.96. The molecule has 0 aliphatic heterocycles. The van der Waals surface area contributed by atoms with Gasteiger partial charge in [-0.25, -0.2) is 8.42 Å². The van der Waals surface area contributed by atoms with E-state index in [1.807, 2.05) is 6.92 Å². The highest BCUT2D eigenvalue weighted by Crippen LogP contribution is 2.28. The van der Waals surface area contributed by atoms with Crippen LogP contribution < -0.4 is 10.0 Å². The maximum atomic E-state index is 13.4. The number of anilines is 2. The van der Waals surface area contributed by atoms with Crippen molar-refractivity contribution in [3.05, 3.63) is 128 Å². The smallest absolute Gasteiger partial charge is 0.270 e. The van der Waals surface area contributed by atoms with E-state index in [9.17, 15) is 28.1 Å². The van der Waals surface area contributed by atoms with Crippen LogP contribution in [0.25, 0.3) is 0 Å². The van der Waals surface area contributed by atoms with E-state index in [4.69, 9.17) is 0 Å². The molecule has 0 atom stereocenters. The molecule has 2 N–H and O–H groups in total. The van der Waals surface area contributed by atoms with Crippen LogP contribution in [0.2, 0.25) is 0 Å². The third-order valence-corrected chi connectivity index (χ3v) is 7.42. The van der Waals surface area contributed by atoms with Crippen molar-refractivity contribution in [1.29, 1.82) is 0 Å². The average molecular weight is 594 g/mol. The maximum Gasteiger partial charge on any atom is 0.270 e. The summed E-state index contributed by atoms with van der Waals surface area (Å²) in [7, 11) is -4.12. The molecule has 0 aliphatic rings. The molecule has 192 valence electrons. The monoisotopic (exact) mass is 593 g/mol. The Morgan fingerprint density at radius 2 is 1.50 bits per heavy atom. The minimum Gasteiger partial charge on any atom is -0.321 e. The Bertz CT molecular complexity index is 1660. The van der Waals surface area contributed by atoms with Gasteiger partial charge < -0.3 is 5.32 Å². The first kappa shape index (κ1) is 26.7. The lowest BCUT2D eigenvalue weighted by Gasteiger charge is -2.15. The van der Waals surface area contributed by atoms with Gasteiger partial charge in [0.1, 0.15) is 0 Å². The lowest BCUT2D eigenvalue weighted by atomic mass is 10.0.